The van der Waals surface area contributed by atoms with Crippen molar-refractivity contribution in [1.82, 2.24) is 0 Å². The first kappa shape index (κ1) is 33.4. The van der Waals surface area contributed by atoms with Gasteiger partial charge in [-0.15, -0.1) is 0 Å². The number of carbonyl (C=O) groups excluding carboxylic acids is 2. The highest BCUT2D eigenvalue weighted by Crippen LogP contribution is 2.71. The zero-order valence-electron chi connectivity index (χ0n) is 27.0. The molecule has 0 radical (unpaired) electrons. The minimum Gasteiger partial charge on any atom is -0.455 e. The zero-order chi connectivity index (χ0) is 30.7. The molecule has 3 N–H and O–H groups in total. The van der Waals surface area contributed by atoms with Crippen LogP contribution in [0.1, 0.15) is 131 Å². The summed E-state index contributed by atoms with van der Waals surface area (Å²) in [6, 6.07) is 0. The summed E-state index contributed by atoms with van der Waals surface area (Å²) in [5, 5.41) is 34.3. The van der Waals surface area contributed by atoms with E-state index in [2.05, 4.69) is 20.8 Å². The lowest BCUT2D eigenvalue weighted by Crippen LogP contribution is -2.65. The van der Waals surface area contributed by atoms with Crippen LogP contribution in [-0.4, -0.2) is 51.5 Å². The number of aliphatic hydroxyl groups excluding tert-OH is 2. The van der Waals surface area contributed by atoms with Gasteiger partial charge in [-0.25, -0.2) is 0 Å². The molecule has 0 aliphatic heterocycles. The maximum absolute atomic E-state index is 14.4. The number of ketones is 1. The molecule has 6 nitrogen and oxygen atoms in total. The van der Waals surface area contributed by atoms with Gasteiger partial charge in [0.15, 0.2) is 17.5 Å². The molecule has 2 fully saturated rings. The topological polar surface area (TPSA) is 104 Å². The van der Waals surface area contributed by atoms with E-state index >= 15 is 0 Å². The highest BCUT2D eigenvalue weighted by molar-refractivity contribution is 5.95. The van der Waals surface area contributed by atoms with E-state index in [9.17, 15) is 24.9 Å². The summed E-state index contributed by atoms with van der Waals surface area (Å²) in [5.41, 5.74) is -2.60. The molecule has 42 heavy (non-hydrogen) atoms. The highest BCUT2D eigenvalue weighted by Gasteiger charge is 2.76. The van der Waals surface area contributed by atoms with E-state index in [0.717, 1.165) is 25.7 Å². The van der Waals surface area contributed by atoms with E-state index < -0.39 is 41.7 Å². The number of aliphatic hydroxyl groups is 3. The van der Waals surface area contributed by atoms with Crippen molar-refractivity contribution in [2.24, 2.45) is 34.5 Å². The van der Waals surface area contributed by atoms with Gasteiger partial charge in [0, 0.05) is 12.3 Å². The van der Waals surface area contributed by atoms with Crippen LogP contribution in [-0.2, 0) is 14.3 Å². The highest BCUT2D eigenvalue weighted by atomic mass is 16.6. The van der Waals surface area contributed by atoms with Gasteiger partial charge in [-0.3, -0.25) is 9.59 Å². The van der Waals surface area contributed by atoms with Gasteiger partial charge < -0.3 is 20.1 Å². The molecular formula is C36H58O6. The molecule has 0 amide bonds. The Hall–Kier alpha value is -1.50. The molecule has 1 spiro atoms. The van der Waals surface area contributed by atoms with Crippen molar-refractivity contribution in [3.63, 3.8) is 0 Å². The monoisotopic (exact) mass is 586 g/mol. The van der Waals surface area contributed by atoms with Crippen molar-refractivity contribution in [1.29, 1.82) is 0 Å². The first-order chi connectivity index (χ1) is 20.0. The molecule has 0 aromatic rings. The first-order valence-electron chi connectivity index (χ1n) is 17.1. The third-order valence-corrected chi connectivity index (χ3v) is 11.6. The fraction of sp³-hybridized carbons (Fsp3) is 0.833. The van der Waals surface area contributed by atoms with Crippen LogP contribution in [0.3, 0.4) is 0 Å². The van der Waals surface area contributed by atoms with Crippen LogP contribution in [0, 0.1) is 34.5 Å². The largest absolute Gasteiger partial charge is 0.455 e. The van der Waals surface area contributed by atoms with Crippen molar-refractivity contribution >= 4 is 11.8 Å². The lowest BCUT2D eigenvalue weighted by Gasteiger charge is -2.48. The number of fused-ring (bicyclic) bond motifs is 3. The minimum absolute atomic E-state index is 0.0161. The van der Waals surface area contributed by atoms with Crippen molar-refractivity contribution in [2.45, 2.75) is 149 Å². The first-order valence-corrected chi connectivity index (χ1v) is 17.1. The fourth-order valence-corrected chi connectivity index (χ4v) is 9.07. The van der Waals surface area contributed by atoms with Crippen LogP contribution < -0.4 is 0 Å². The number of Topliss-reactive ketones (excluding diaryl/α,β-unsaturated/α-hetero) is 1. The number of allylic oxidation sites excluding steroid dienone is 1. The van der Waals surface area contributed by atoms with Crippen LogP contribution in [0.5, 0.6) is 0 Å². The molecule has 0 aromatic carbocycles. The van der Waals surface area contributed by atoms with E-state index in [1.54, 1.807) is 19.1 Å². The van der Waals surface area contributed by atoms with Crippen molar-refractivity contribution in [2.75, 3.05) is 6.61 Å². The van der Waals surface area contributed by atoms with E-state index in [0.29, 0.717) is 11.5 Å². The lowest BCUT2D eigenvalue weighted by molar-refractivity contribution is -0.203. The Morgan fingerprint density at radius 1 is 0.976 bits per heavy atom. The lowest BCUT2D eigenvalue weighted by atomic mass is 9.59. The molecule has 4 aliphatic rings. The van der Waals surface area contributed by atoms with Gasteiger partial charge in [-0.1, -0.05) is 117 Å². The fourth-order valence-electron chi connectivity index (χ4n) is 9.07. The molecule has 2 bridgehead atoms. The predicted molar refractivity (Wildman–Crippen MR) is 166 cm³/mol. The van der Waals surface area contributed by atoms with Crippen LogP contribution in [0.15, 0.2) is 23.3 Å². The second-order valence-corrected chi connectivity index (χ2v) is 14.7. The van der Waals surface area contributed by atoms with Gasteiger partial charge in [0.25, 0.3) is 0 Å². The molecule has 0 saturated heterocycles. The molecule has 6 heteroatoms. The van der Waals surface area contributed by atoms with Gasteiger partial charge >= 0.3 is 5.97 Å². The average molecular weight is 587 g/mol. The van der Waals surface area contributed by atoms with E-state index in [-0.39, 0.29) is 35.0 Å². The van der Waals surface area contributed by atoms with Gasteiger partial charge in [0.05, 0.1) is 12.0 Å². The van der Waals surface area contributed by atoms with Crippen LogP contribution in [0.4, 0.5) is 0 Å². The number of rotatable bonds is 16. The molecule has 0 heterocycles. The summed E-state index contributed by atoms with van der Waals surface area (Å²) in [4.78, 5) is 27.5. The molecule has 8 unspecified atom stereocenters. The summed E-state index contributed by atoms with van der Waals surface area (Å²) < 4.78 is 5.95. The molecule has 0 aromatic heterocycles. The van der Waals surface area contributed by atoms with Crippen molar-refractivity contribution < 1.29 is 29.6 Å². The van der Waals surface area contributed by atoms with Gasteiger partial charge in [0.1, 0.15) is 6.10 Å². The third-order valence-electron chi connectivity index (χ3n) is 11.6. The normalized spacial score (nSPS) is 36.3. The maximum Gasteiger partial charge on any atom is 0.306 e. The summed E-state index contributed by atoms with van der Waals surface area (Å²) in [5.74, 6) is -0.856. The van der Waals surface area contributed by atoms with E-state index in [4.69, 9.17) is 4.74 Å². The summed E-state index contributed by atoms with van der Waals surface area (Å²) >= 11 is 0. The molecule has 2 saturated carbocycles. The number of carbonyl (C=O) groups is 2. The van der Waals surface area contributed by atoms with Crippen molar-refractivity contribution in [3.05, 3.63) is 23.3 Å². The predicted octanol–water partition coefficient (Wildman–Crippen LogP) is 6.85. The number of hydrogen-bond acceptors (Lipinski definition) is 6. The molecule has 4 rings (SSSR count). The Morgan fingerprint density at radius 3 is 2.07 bits per heavy atom. The SMILES string of the molecule is CCCCCCCCCCCCCCCC(=O)OC1C(C)=CC23C(=O)C(C=C(CO)C(O)C12O)C1C(CC3C)C1(C)C. The van der Waals surface area contributed by atoms with Gasteiger partial charge in [0.2, 0.25) is 0 Å². The quantitative estimate of drug-likeness (QED) is 0.104. The summed E-state index contributed by atoms with van der Waals surface area (Å²) in [7, 11) is 0. The average Bonchev–Trinajstić information content (AvgIpc) is 3.44. The number of esters is 1. The standard InChI is InChI=1S/C36H58O6/c1-6-7-8-9-10-11-12-13-14-15-16-17-18-19-29(38)42-33-24(2)22-35-25(3)20-28-30(34(28,4)5)27(32(35)40)21-26(23-37)31(39)36(33,35)41/h21-22,25,27-28,30-31,33,37,39,41H,6-20,23H2,1-5H3. The number of ether oxygens (including phenoxy) is 1. The number of unbranched alkanes of at least 4 members (excludes halogenated alkanes) is 12. The van der Waals surface area contributed by atoms with E-state index in [1.165, 1.54) is 64.2 Å². The smallest absolute Gasteiger partial charge is 0.306 e. The molecule has 8 atom stereocenters. The molecule has 4 aliphatic carbocycles. The summed E-state index contributed by atoms with van der Waals surface area (Å²) in [6.07, 6.45) is 17.7. The third kappa shape index (κ3) is 5.94. The Labute approximate surface area is 254 Å². The Kier molecular flexibility index (Phi) is 10.9. The van der Waals surface area contributed by atoms with Crippen molar-refractivity contribution in [3.8, 4) is 0 Å². The second-order valence-electron chi connectivity index (χ2n) is 14.7. The van der Waals surface area contributed by atoms with E-state index in [1.807, 2.05) is 6.92 Å². The second kappa shape index (κ2) is 13.6. The Balaban J connectivity index is 1.32. The van der Waals surface area contributed by atoms with Gasteiger partial charge in [-0.05, 0) is 54.1 Å². The molecular weight excluding hydrogens is 528 g/mol. The maximum atomic E-state index is 14.4. The number of hydrogen-bond donors (Lipinski definition) is 3. The van der Waals surface area contributed by atoms with Crippen LogP contribution in [0.2, 0.25) is 0 Å². The summed E-state index contributed by atoms with van der Waals surface area (Å²) in [6.45, 7) is 9.91. The van der Waals surface area contributed by atoms with Gasteiger partial charge in [-0.2, -0.15) is 0 Å². The zero-order valence-corrected chi connectivity index (χ0v) is 27.0. The van der Waals surface area contributed by atoms with Crippen LogP contribution >= 0.6 is 0 Å². The Bertz CT molecular complexity index is 1030. The molecule has 238 valence electrons. The van der Waals surface area contributed by atoms with Crippen LogP contribution in [0.25, 0.3) is 0 Å². The Morgan fingerprint density at radius 2 is 1.52 bits per heavy atom. The minimum atomic E-state index is -2.05.